The predicted octanol–water partition coefficient (Wildman–Crippen LogP) is 4.78. The summed E-state index contributed by atoms with van der Waals surface area (Å²) in [6.45, 7) is 9.19. The van der Waals surface area contributed by atoms with Crippen molar-refractivity contribution in [3.63, 3.8) is 0 Å². The van der Waals surface area contributed by atoms with Gasteiger partial charge in [0.25, 0.3) is 0 Å². The van der Waals surface area contributed by atoms with E-state index in [1.807, 2.05) is 0 Å². The Balaban J connectivity index is 2.12. The summed E-state index contributed by atoms with van der Waals surface area (Å²) in [7, 11) is 0. The quantitative estimate of drug-likeness (QED) is 0.849. The van der Waals surface area contributed by atoms with Crippen LogP contribution < -0.4 is 5.73 Å². The molecule has 108 valence electrons. The second-order valence-corrected chi connectivity index (χ2v) is 7.11. The first kappa shape index (κ1) is 15.1. The summed E-state index contributed by atoms with van der Waals surface area (Å²) in [5.41, 5.74) is 8.10. The van der Waals surface area contributed by atoms with Crippen molar-refractivity contribution >= 4 is 10.8 Å². The third-order valence-electron chi connectivity index (χ3n) is 4.50. The van der Waals surface area contributed by atoms with Crippen LogP contribution in [0.5, 0.6) is 0 Å². The predicted molar refractivity (Wildman–Crippen MR) is 88.9 cm³/mol. The Bertz CT molecular complexity index is 560. The summed E-state index contributed by atoms with van der Waals surface area (Å²) in [6, 6.07) is 15.3. The van der Waals surface area contributed by atoms with Crippen LogP contribution in [0.3, 0.4) is 0 Å². The molecule has 2 rings (SSSR count). The fourth-order valence-corrected chi connectivity index (χ4v) is 2.64. The average molecular weight is 269 g/mol. The topological polar surface area (TPSA) is 26.0 Å². The maximum Gasteiger partial charge on any atom is 0.00822 e. The van der Waals surface area contributed by atoms with Gasteiger partial charge >= 0.3 is 0 Å². The molecule has 0 aliphatic heterocycles. The van der Waals surface area contributed by atoms with Crippen LogP contribution in [-0.4, -0.2) is 6.04 Å². The van der Waals surface area contributed by atoms with Crippen molar-refractivity contribution in [3.05, 3.63) is 48.0 Å². The van der Waals surface area contributed by atoms with Gasteiger partial charge in [0.2, 0.25) is 0 Å². The standard InChI is InChI=1S/C19H27N/c1-14(19(2,3)4)12-17(20)13-16-10-7-9-15-8-5-6-11-18(15)16/h5-11,14,17H,12-13,20H2,1-4H3. The molecule has 0 aliphatic rings. The van der Waals surface area contributed by atoms with Crippen molar-refractivity contribution in [2.45, 2.75) is 46.6 Å². The van der Waals surface area contributed by atoms with E-state index in [2.05, 4.69) is 70.2 Å². The van der Waals surface area contributed by atoms with Crippen LogP contribution in [0.2, 0.25) is 0 Å². The van der Waals surface area contributed by atoms with Gasteiger partial charge in [0, 0.05) is 6.04 Å². The molecule has 1 heteroatoms. The first-order chi connectivity index (χ1) is 9.38. The van der Waals surface area contributed by atoms with Gasteiger partial charge in [0.1, 0.15) is 0 Å². The average Bonchev–Trinajstić information content (AvgIpc) is 2.38. The van der Waals surface area contributed by atoms with E-state index in [1.54, 1.807) is 0 Å². The van der Waals surface area contributed by atoms with Crippen LogP contribution in [0.25, 0.3) is 10.8 Å². The molecule has 20 heavy (non-hydrogen) atoms. The Morgan fingerprint density at radius 3 is 2.35 bits per heavy atom. The highest BCUT2D eigenvalue weighted by Gasteiger charge is 2.22. The van der Waals surface area contributed by atoms with Gasteiger partial charge < -0.3 is 5.73 Å². The third-order valence-corrected chi connectivity index (χ3v) is 4.50. The fraction of sp³-hybridized carbons (Fsp3) is 0.474. The monoisotopic (exact) mass is 269 g/mol. The molecular formula is C19H27N. The molecule has 0 radical (unpaired) electrons. The van der Waals surface area contributed by atoms with Gasteiger partial charge in [-0.15, -0.1) is 0 Å². The van der Waals surface area contributed by atoms with E-state index >= 15 is 0 Å². The molecule has 0 heterocycles. The fourth-order valence-electron chi connectivity index (χ4n) is 2.64. The first-order valence-electron chi connectivity index (χ1n) is 7.60. The molecule has 2 aromatic rings. The van der Waals surface area contributed by atoms with Crippen LogP contribution in [0.15, 0.2) is 42.5 Å². The lowest BCUT2D eigenvalue weighted by molar-refractivity contribution is 0.233. The van der Waals surface area contributed by atoms with Crippen molar-refractivity contribution in [1.82, 2.24) is 0 Å². The minimum absolute atomic E-state index is 0.232. The largest absolute Gasteiger partial charge is 0.327 e. The van der Waals surface area contributed by atoms with E-state index in [1.165, 1.54) is 16.3 Å². The van der Waals surface area contributed by atoms with Gasteiger partial charge in [-0.1, -0.05) is 70.2 Å². The van der Waals surface area contributed by atoms with Gasteiger partial charge in [-0.25, -0.2) is 0 Å². The lowest BCUT2D eigenvalue weighted by Gasteiger charge is -2.29. The van der Waals surface area contributed by atoms with Gasteiger partial charge in [-0.2, -0.15) is 0 Å². The minimum atomic E-state index is 0.232. The van der Waals surface area contributed by atoms with Crippen molar-refractivity contribution in [3.8, 4) is 0 Å². The van der Waals surface area contributed by atoms with Crippen LogP contribution in [-0.2, 0) is 6.42 Å². The second kappa shape index (κ2) is 5.97. The molecule has 0 saturated carbocycles. The van der Waals surface area contributed by atoms with Gasteiger partial charge in [0.15, 0.2) is 0 Å². The number of hydrogen-bond acceptors (Lipinski definition) is 1. The van der Waals surface area contributed by atoms with E-state index in [9.17, 15) is 0 Å². The molecule has 0 fully saturated rings. The summed E-state index contributed by atoms with van der Waals surface area (Å²) in [6.07, 6.45) is 2.04. The summed E-state index contributed by atoms with van der Waals surface area (Å²) in [5.74, 6) is 0.632. The lowest BCUT2D eigenvalue weighted by Crippen LogP contribution is -2.30. The van der Waals surface area contributed by atoms with E-state index in [4.69, 9.17) is 5.73 Å². The molecule has 0 amide bonds. The number of rotatable bonds is 4. The Hall–Kier alpha value is -1.34. The maximum atomic E-state index is 6.39. The molecule has 0 bridgehead atoms. The van der Waals surface area contributed by atoms with Crippen LogP contribution in [0.1, 0.15) is 39.7 Å². The number of benzene rings is 2. The van der Waals surface area contributed by atoms with Gasteiger partial charge in [-0.3, -0.25) is 0 Å². The zero-order valence-corrected chi connectivity index (χ0v) is 13.2. The Labute approximate surface area is 123 Å². The van der Waals surface area contributed by atoms with E-state index < -0.39 is 0 Å². The number of fused-ring (bicyclic) bond motifs is 1. The molecule has 2 unspecified atom stereocenters. The van der Waals surface area contributed by atoms with Crippen molar-refractivity contribution in [2.24, 2.45) is 17.1 Å². The Morgan fingerprint density at radius 2 is 1.65 bits per heavy atom. The lowest BCUT2D eigenvalue weighted by atomic mass is 9.78. The molecule has 0 saturated heterocycles. The van der Waals surface area contributed by atoms with Crippen molar-refractivity contribution in [1.29, 1.82) is 0 Å². The van der Waals surface area contributed by atoms with E-state index in [-0.39, 0.29) is 6.04 Å². The first-order valence-corrected chi connectivity index (χ1v) is 7.60. The Morgan fingerprint density at radius 1 is 1.00 bits per heavy atom. The summed E-state index contributed by atoms with van der Waals surface area (Å²) in [4.78, 5) is 0. The number of nitrogens with two attached hydrogens (primary N) is 1. The van der Waals surface area contributed by atoms with E-state index in [0.717, 1.165) is 12.8 Å². The summed E-state index contributed by atoms with van der Waals surface area (Å²) in [5, 5.41) is 2.65. The highest BCUT2D eigenvalue weighted by atomic mass is 14.6. The normalized spacial score (nSPS) is 15.2. The van der Waals surface area contributed by atoms with Gasteiger partial charge in [0.05, 0.1) is 0 Å². The molecule has 0 aliphatic carbocycles. The van der Waals surface area contributed by atoms with E-state index in [0.29, 0.717) is 11.3 Å². The van der Waals surface area contributed by atoms with Gasteiger partial charge in [-0.05, 0) is 40.5 Å². The molecule has 2 atom stereocenters. The SMILES string of the molecule is CC(CC(N)Cc1cccc2ccccc12)C(C)(C)C. The molecule has 0 aromatic heterocycles. The molecule has 2 N–H and O–H groups in total. The maximum absolute atomic E-state index is 6.39. The summed E-state index contributed by atoms with van der Waals surface area (Å²) >= 11 is 0. The zero-order valence-electron chi connectivity index (χ0n) is 13.2. The van der Waals surface area contributed by atoms with Crippen LogP contribution in [0, 0.1) is 11.3 Å². The number of hydrogen-bond donors (Lipinski definition) is 1. The van der Waals surface area contributed by atoms with Crippen molar-refractivity contribution in [2.75, 3.05) is 0 Å². The molecule has 0 spiro atoms. The highest BCUT2D eigenvalue weighted by molar-refractivity contribution is 5.85. The highest BCUT2D eigenvalue weighted by Crippen LogP contribution is 2.29. The zero-order chi connectivity index (χ0) is 14.8. The molecule has 2 aromatic carbocycles. The molecular weight excluding hydrogens is 242 g/mol. The van der Waals surface area contributed by atoms with Crippen LogP contribution >= 0.6 is 0 Å². The third kappa shape index (κ3) is 3.61. The summed E-state index contributed by atoms with van der Waals surface area (Å²) < 4.78 is 0. The van der Waals surface area contributed by atoms with Crippen LogP contribution in [0.4, 0.5) is 0 Å². The van der Waals surface area contributed by atoms with Crippen molar-refractivity contribution < 1.29 is 0 Å². The molecule has 1 nitrogen and oxygen atoms in total. The second-order valence-electron chi connectivity index (χ2n) is 7.11. The smallest absolute Gasteiger partial charge is 0.00822 e. The minimum Gasteiger partial charge on any atom is -0.327 e. The Kier molecular flexibility index (Phi) is 4.49.